The van der Waals surface area contributed by atoms with Crippen molar-refractivity contribution < 1.29 is 0 Å². The first-order chi connectivity index (χ1) is 45.0. The largest absolute Gasteiger partial charge is 0.384 e. The van der Waals surface area contributed by atoms with Crippen LogP contribution in [0.15, 0.2) is 88.1 Å². The van der Waals surface area contributed by atoms with Crippen molar-refractivity contribution in [2.45, 2.75) is 340 Å². The van der Waals surface area contributed by atoms with Gasteiger partial charge in [0.25, 0.3) is 0 Å². The minimum atomic E-state index is 0.545. The van der Waals surface area contributed by atoms with E-state index in [-0.39, 0.29) is 0 Å². The first-order valence-corrected chi connectivity index (χ1v) is 41.2. The number of hydrogen-bond acceptors (Lipinski definition) is 5. The smallest absolute Gasteiger partial charge is 0.0604 e. The lowest BCUT2D eigenvalue weighted by Gasteiger charge is -2.37. The van der Waals surface area contributed by atoms with Crippen LogP contribution in [0.25, 0.3) is 0 Å². The van der Waals surface area contributed by atoms with Crippen molar-refractivity contribution in [2.24, 2.45) is 138 Å². The molecule has 11 unspecified atom stereocenters. The van der Waals surface area contributed by atoms with Gasteiger partial charge in [-0.1, -0.05) is 181 Å². The molecule has 0 bridgehead atoms. The van der Waals surface area contributed by atoms with Gasteiger partial charge in [0.2, 0.25) is 0 Å². The van der Waals surface area contributed by atoms with Crippen LogP contribution in [0.2, 0.25) is 0 Å². The maximum atomic E-state index is 4.88. The van der Waals surface area contributed by atoms with Gasteiger partial charge in [-0.2, -0.15) is 0 Å². The van der Waals surface area contributed by atoms with E-state index in [4.69, 9.17) is 20.0 Å². The van der Waals surface area contributed by atoms with Gasteiger partial charge < -0.3 is 5.32 Å². The highest BCUT2D eigenvalue weighted by molar-refractivity contribution is 6.02. The van der Waals surface area contributed by atoms with E-state index in [1.165, 1.54) is 189 Å². The summed E-state index contributed by atoms with van der Waals surface area (Å²) in [5.41, 5.74) is 22.4. The van der Waals surface area contributed by atoms with Crippen molar-refractivity contribution in [3.63, 3.8) is 0 Å². The SMILES string of the molecule is CC(C)C1=CNC(C)C2=C1CCCC(C(C)C)CC2.CC(C)C1=NCC(C)C2=C1CCCC(C(C)C)CC2.CC1=CN=C(C(C)C)C2CCCC(C(C)C)CCC12.CC1=NCC(C(C)C)=C2CCCC(C(C)C)CCC12.CC1=NCC(C(C)C)=C2CCCC(C(C)C)CCC12. The number of hydrogen-bond donors (Lipinski definition) is 1. The van der Waals surface area contributed by atoms with Crippen molar-refractivity contribution in [3.05, 3.63) is 68.1 Å². The maximum Gasteiger partial charge on any atom is 0.0604 e. The zero-order chi connectivity index (χ0) is 70.0. The quantitative estimate of drug-likeness (QED) is 0.218. The van der Waals surface area contributed by atoms with E-state index in [9.17, 15) is 0 Å². The normalized spacial score (nSPS) is 29.7. The van der Waals surface area contributed by atoms with Crippen LogP contribution in [0.4, 0.5) is 0 Å². The van der Waals surface area contributed by atoms with Gasteiger partial charge in [-0.15, -0.1) is 0 Å². The van der Waals surface area contributed by atoms with Crippen molar-refractivity contribution in [3.8, 4) is 0 Å². The van der Waals surface area contributed by atoms with E-state index < -0.39 is 0 Å². The summed E-state index contributed by atoms with van der Waals surface area (Å²) >= 11 is 0. The third-order valence-corrected chi connectivity index (χ3v) is 26.2. The Morgan fingerprint density at radius 1 is 0.379 bits per heavy atom. The van der Waals surface area contributed by atoms with Crippen LogP contribution in [0.1, 0.15) is 334 Å². The van der Waals surface area contributed by atoms with E-state index in [0.717, 1.165) is 90.6 Å². The van der Waals surface area contributed by atoms with Crippen molar-refractivity contribution in [1.82, 2.24) is 5.32 Å². The van der Waals surface area contributed by atoms with E-state index >= 15 is 0 Å². The lowest BCUT2D eigenvalue weighted by Crippen LogP contribution is -2.32. The topological polar surface area (TPSA) is 61.5 Å². The average Bonchev–Trinajstić information content (AvgIpc) is 0.860. The predicted octanol–water partition coefficient (Wildman–Crippen LogP) is 26.3. The highest BCUT2D eigenvalue weighted by Crippen LogP contribution is 2.45. The summed E-state index contributed by atoms with van der Waals surface area (Å²) in [7, 11) is 0. The molecule has 0 spiro atoms. The molecule has 10 aliphatic rings. The molecule has 0 radical (unpaired) electrons. The Hall–Kier alpha value is -3.08. The van der Waals surface area contributed by atoms with Crippen LogP contribution in [0.3, 0.4) is 0 Å². The van der Waals surface area contributed by atoms with Gasteiger partial charge in [-0.25, -0.2) is 0 Å². The number of allylic oxidation sites excluding steroid dienone is 6. The summed E-state index contributed by atoms with van der Waals surface area (Å²) in [6.07, 6.45) is 38.7. The molecule has 0 saturated heterocycles. The number of dihydropyridines is 4. The Labute approximate surface area is 590 Å². The second kappa shape index (κ2) is 39.2. The minimum absolute atomic E-state index is 0.545. The Bertz CT molecular complexity index is 2560. The highest BCUT2D eigenvalue weighted by atomic mass is 14.9. The summed E-state index contributed by atoms with van der Waals surface area (Å²) in [5, 5.41) is 3.58. The Morgan fingerprint density at radius 3 is 1.25 bits per heavy atom. The molecule has 0 aromatic carbocycles. The van der Waals surface area contributed by atoms with Crippen LogP contribution in [-0.2, 0) is 0 Å². The second-order valence-corrected chi connectivity index (χ2v) is 36.0. The van der Waals surface area contributed by atoms with Gasteiger partial charge in [-0.3, -0.25) is 20.0 Å². The highest BCUT2D eigenvalue weighted by Gasteiger charge is 2.36. The summed E-state index contributed by atoms with van der Waals surface area (Å²) in [5.74, 6) is 15.6. The number of fused-ring (bicyclic) bond motifs is 3. The van der Waals surface area contributed by atoms with E-state index in [1.54, 1.807) is 50.2 Å². The molecular weight excluding hydrogens is 1150 g/mol. The lowest BCUT2D eigenvalue weighted by atomic mass is 9.69. The number of nitrogens with zero attached hydrogens (tertiary/aromatic N) is 4. The average molecular weight is 1310 g/mol. The van der Waals surface area contributed by atoms with Gasteiger partial charge in [0.1, 0.15) is 0 Å². The fourth-order valence-electron chi connectivity index (χ4n) is 19.4. The maximum absolute atomic E-state index is 4.88. The molecular formula is C90H155N5. The monoisotopic (exact) mass is 1310 g/mol. The standard InChI is InChI=1S/5C18H31N/c3*1-12(2)15-7-6-8-17-16(10-9-15)14(5)19-11-18(17)13(3)4;2*1-12(2)15-7-6-8-17-16(10-9-15)14(5)11-19-18(17)13(3)4/h2*12-13,15-16H,6-11H2,1-5H3;11-15,19H,6-10H2,1-5H3;12-15H,6-11H2,1-5H3;11-13,15-17H,6-10H2,1-5H3. The molecule has 11 atom stereocenters. The van der Waals surface area contributed by atoms with E-state index in [2.05, 4.69) is 191 Å². The van der Waals surface area contributed by atoms with Crippen LogP contribution in [0, 0.1) is 118 Å². The minimum Gasteiger partial charge on any atom is -0.384 e. The first kappa shape index (κ1) is 80.9. The van der Waals surface area contributed by atoms with Crippen LogP contribution < -0.4 is 5.32 Å². The van der Waals surface area contributed by atoms with E-state index in [0.29, 0.717) is 53.4 Å². The summed E-state index contributed by atoms with van der Waals surface area (Å²) < 4.78 is 0. The van der Waals surface area contributed by atoms with Gasteiger partial charge in [0, 0.05) is 65.6 Å². The van der Waals surface area contributed by atoms with Gasteiger partial charge in [0.05, 0.1) is 13.1 Å². The summed E-state index contributed by atoms with van der Waals surface area (Å²) in [6.45, 7) is 61.7. The number of aliphatic imine (C=N–C) groups is 4. The van der Waals surface area contributed by atoms with Crippen molar-refractivity contribution >= 4 is 22.8 Å². The summed E-state index contributed by atoms with van der Waals surface area (Å²) in [6, 6.07) is 0.545. The molecule has 5 aliphatic heterocycles. The fourth-order valence-corrected chi connectivity index (χ4v) is 19.4. The zero-order valence-electron chi connectivity index (χ0n) is 67.4. The molecule has 0 amide bonds. The van der Waals surface area contributed by atoms with Crippen LogP contribution in [-0.4, -0.2) is 48.5 Å². The zero-order valence-corrected chi connectivity index (χ0v) is 67.4. The molecule has 0 aromatic heterocycles. The Balaban J connectivity index is 0.000000188. The van der Waals surface area contributed by atoms with Crippen LogP contribution >= 0.6 is 0 Å². The summed E-state index contributed by atoms with van der Waals surface area (Å²) in [4.78, 5) is 19.3. The third kappa shape index (κ3) is 23.0. The number of nitrogens with one attached hydrogen (secondary N) is 1. The molecule has 0 aromatic rings. The van der Waals surface area contributed by atoms with Gasteiger partial charge >= 0.3 is 0 Å². The molecule has 5 heterocycles. The molecule has 5 heteroatoms. The molecule has 5 aliphatic carbocycles. The molecule has 1 N–H and O–H groups in total. The predicted molar refractivity (Wildman–Crippen MR) is 423 cm³/mol. The van der Waals surface area contributed by atoms with Crippen molar-refractivity contribution in [1.29, 1.82) is 0 Å². The lowest BCUT2D eigenvalue weighted by molar-refractivity contribution is 0.250. The molecule has 3 fully saturated rings. The van der Waals surface area contributed by atoms with Gasteiger partial charge in [-0.05, 0) is 309 Å². The van der Waals surface area contributed by atoms with Crippen LogP contribution in [0.5, 0.6) is 0 Å². The Morgan fingerprint density at radius 2 is 0.811 bits per heavy atom. The number of rotatable bonds is 10. The first-order valence-electron chi connectivity index (χ1n) is 41.2. The third-order valence-electron chi connectivity index (χ3n) is 26.2. The fraction of sp³-hybridized carbons (Fsp3) is 0.822. The van der Waals surface area contributed by atoms with Gasteiger partial charge in [0.15, 0.2) is 0 Å². The Kier molecular flexibility index (Phi) is 33.4. The molecule has 95 heavy (non-hydrogen) atoms. The van der Waals surface area contributed by atoms with Crippen molar-refractivity contribution in [2.75, 3.05) is 19.6 Å². The molecule has 10 rings (SSSR count). The molecule has 5 nitrogen and oxygen atoms in total. The second-order valence-electron chi connectivity index (χ2n) is 36.0. The molecule has 540 valence electrons. The van der Waals surface area contributed by atoms with E-state index in [1.807, 2.05) is 0 Å². The molecule has 3 saturated carbocycles.